The minimum Gasteiger partial charge on any atom is -0.378 e. The van der Waals surface area contributed by atoms with Crippen molar-refractivity contribution < 1.29 is 9.53 Å². The lowest BCUT2D eigenvalue weighted by molar-refractivity contribution is -0.129. The molecule has 1 amide bonds. The topological polar surface area (TPSA) is 41.6 Å². The second-order valence-electron chi connectivity index (χ2n) is 4.46. The molecular weight excluding hydrogens is 192 g/mol. The summed E-state index contributed by atoms with van der Waals surface area (Å²) in [5, 5.41) is 3.14. The molecule has 0 aliphatic carbocycles. The van der Waals surface area contributed by atoms with Crippen molar-refractivity contribution in [1.29, 1.82) is 0 Å². The normalized spacial score (nSPS) is 32.3. The van der Waals surface area contributed by atoms with Gasteiger partial charge in [0.05, 0.1) is 18.8 Å². The van der Waals surface area contributed by atoms with Crippen LogP contribution in [0.2, 0.25) is 0 Å². The van der Waals surface area contributed by atoms with Gasteiger partial charge in [-0.25, -0.2) is 0 Å². The minimum absolute atomic E-state index is 0.00252. The Kier molecular flexibility index (Phi) is 3.59. The van der Waals surface area contributed by atoms with E-state index in [1.807, 2.05) is 11.8 Å². The molecule has 0 bridgehead atoms. The second kappa shape index (κ2) is 4.94. The number of hydrogen-bond acceptors (Lipinski definition) is 3. The van der Waals surface area contributed by atoms with Gasteiger partial charge < -0.3 is 9.64 Å². The standard InChI is InChI=1S/C11H20N2O2/c1-9-11(14)13(8-12-9)6-5-10-4-2-3-7-15-10/h9-10,12H,2-8H2,1H3. The smallest absolute Gasteiger partial charge is 0.240 e. The van der Waals surface area contributed by atoms with Crippen LogP contribution in [0.5, 0.6) is 0 Å². The summed E-state index contributed by atoms with van der Waals surface area (Å²) >= 11 is 0. The van der Waals surface area contributed by atoms with Crippen LogP contribution in [0.25, 0.3) is 0 Å². The highest BCUT2D eigenvalue weighted by Gasteiger charge is 2.27. The molecule has 0 aromatic carbocycles. The molecule has 2 aliphatic heterocycles. The summed E-state index contributed by atoms with van der Waals surface area (Å²) in [7, 11) is 0. The molecule has 0 aromatic heterocycles. The number of hydrogen-bond donors (Lipinski definition) is 1. The molecular formula is C11H20N2O2. The summed E-state index contributed by atoms with van der Waals surface area (Å²) in [6.45, 7) is 4.35. The Hall–Kier alpha value is -0.610. The summed E-state index contributed by atoms with van der Waals surface area (Å²) in [6, 6.07) is -0.00252. The molecule has 0 radical (unpaired) electrons. The van der Waals surface area contributed by atoms with Crippen molar-refractivity contribution in [1.82, 2.24) is 10.2 Å². The van der Waals surface area contributed by atoms with Gasteiger partial charge in [0.1, 0.15) is 0 Å². The highest BCUT2D eigenvalue weighted by molar-refractivity contribution is 5.83. The number of amides is 1. The Morgan fingerprint density at radius 2 is 2.40 bits per heavy atom. The lowest BCUT2D eigenvalue weighted by Gasteiger charge is -2.24. The first kappa shape index (κ1) is 10.9. The van der Waals surface area contributed by atoms with Crippen LogP contribution in [0.1, 0.15) is 32.6 Å². The van der Waals surface area contributed by atoms with Crippen LogP contribution in [0.4, 0.5) is 0 Å². The third kappa shape index (κ3) is 2.69. The number of nitrogens with zero attached hydrogens (tertiary/aromatic N) is 1. The van der Waals surface area contributed by atoms with Crippen LogP contribution in [0, 0.1) is 0 Å². The average Bonchev–Trinajstić information content (AvgIpc) is 2.59. The molecule has 4 nitrogen and oxygen atoms in total. The first-order valence-electron chi connectivity index (χ1n) is 5.91. The zero-order valence-corrected chi connectivity index (χ0v) is 9.37. The van der Waals surface area contributed by atoms with Gasteiger partial charge in [0.25, 0.3) is 0 Å². The van der Waals surface area contributed by atoms with Gasteiger partial charge in [-0.15, -0.1) is 0 Å². The summed E-state index contributed by atoms with van der Waals surface area (Å²) in [4.78, 5) is 13.5. The molecule has 2 fully saturated rings. The van der Waals surface area contributed by atoms with Gasteiger partial charge in [0, 0.05) is 13.2 Å². The van der Waals surface area contributed by atoms with E-state index in [-0.39, 0.29) is 11.9 Å². The molecule has 2 saturated heterocycles. The molecule has 2 aliphatic rings. The number of nitrogens with one attached hydrogen (secondary N) is 1. The summed E-state index contributed by atoms with van der Waals surface area (Å²) in [5.74, 6) is 0.228. The third-order valence-electron chi connectivity index (χ3n) is 3.27. The Morgan fingerprint density at radius 3 is 3.00 bits per heavy atom. The molecule has 0 aromatic rings. The number of carbonyl (C=O) groups excluding carboxylic acids is 1. The van der Waals surface area contributed by atoms with Crippen molar-refractivity contribution in [3.63, 3.8) is 0 Å². The quantitative estimate of drug-likeness (QED) is 0.749. The van der Waals surface area contributed by atoms with Gasteiger partial charge in [-0.1, -0.05) is 0 Å². The molecule has 86 valence electrons. The minimum atomic E-state index is -0.00252. The largest absolute Gasteiger partial charge is 0.378 e. The molecule has 1 N–H and O–H groups in total. The maximum absolute atomic E-state index is 11.6. The maximum Gasteiger partial charge on any atom is 0.240 e. The van der Waals surface area contributed by atoms with Crippen LogP contribution in [0.15, 0.2) is 0 Å². The predicted octanol–water partition coefficient (Wildman–Crippen LogP) is 0.723. The van der Waals surface area contributed by atoms with Gasteiger partial charge in [-0.05, 0) is 32.6 Å². The summed E-state index contributed by atoms with van der Waals surface area (Å²) in [6.07, 6.45) is 4.98. The molecule has 15 heavy (non-hydrogen) atoms. The zero-order valence-electron chi connectivity index (χ0n) is 9.37. The molecule has 2 unspecified atom stereocenters. The van der Waals surface area contributed by atoms with E-state index in [9.17, 15) is 4.79 Å². The monoisotopic (exact) mass is 212 g/mol. The zero-order chi connectivity index (χ0) is 10.7. The lowest BCUT2D eigenvalue weighted by Crippen LogP contribution is -2.32. The van der Waals surface area contributed by atoms with E-state index >= 15 is 0 Å². The molecule has 0 spiro atoms. The fourth-order valence-corrected chi connectivity index (χ4v) is 2.21. The van der Waals surface area contributed by atoms with E-state index in [0.29, 0.717) is 12.8 Å². The van der Waals surface area contributed by atoms with E-state index in [4.69, 9.17) is 4.74 Å². The van der Waals surface area contributed by atoms with Crippen LogP contribution in [-0.2, 0) is 9.53 Å². The highest BCUT2D eigenvalue weighted by Crippen LogP contribution is 2.16. The van der Waals surface area contributed by atoms with Gasteiger partial charge >= 0.3 is 0 Å². The predicted molar refractivity (Wildman–Crippen MR) is 57.4 cm³/mol. The van der Waals surface area contributed by atoms with Gasteiger partial charge in [0.15, 0.2) is 0 Å². The SMILES string of the molecule is CC1NCN(CCC2CCCCO2)C1=O. The first-order chi connectivity index (χ1) is 7.27. The van der Waals surface area contributed by atoms with Crippen molar-refractivity contribution in [3.05, 3.63) is 0 Å². The van der Waals surface area contributed by atoms with Crippen LogP contribution < -0.4 is 5.32 Å². The van der Waals surface area contributed by atoms with Crippen LogP contribution >= 0.6 is 0 Å². The fraction of sp³-hybridized carbons (Fsp3) is 0.909. The Morgan fingerprint density at radius 1 is 1.53 bits per heavy atom. The Balaban J connectivity index is 1.71. The Labute approximate surface area is 91.0 Å². The number of carbonyl (C=O) groups is 1. The molecule has 2 atom stereocenters. The molecule has 2 rings (SSSR count). The third-order valence-corrected chi connectivity index (χ3v) is 3.27. The number of rotatable bonds is 3. The van der Waals surface area contributed by atoms with Crippen molar-refractivity contribution in [2.75, 3.05) is 19.8 Å². The van der Waals surface area contributed by atoms with Crippen LogP contribution in [0.3, 0.4) is 0 Å². The molecule has 2 heterocycles. The van der Waals surface area contributed by atoms with Crippen molar-refractivity contribution in [3.8, 4) is 0 Å². The van der Waals surface area contributed by atoms with E-state index in [2.05, 4.69) is 5.32 Å². The summed E-state index contributed by atoms with van der Waals surface area (Å²) in [5.41, 5.74) is 0. The highest BCUT2D eigenvalue weighted by atomic mass is 16.5. The summed E-state index contributed by atoms with van der Waals surface area (Å²) < 4.78 is 5.64. The first-order valence-corrected chi connectivity index (χ1v) is 5.91. The van der Waals surface area contributed by atoms with Crippen molar-refractivity contribution >= 4 is 5.91 Å². The van der Waals surface area contributed by atoms with Crippen molar-refractivity contribution in [2.45, 2.75) is 44.8 Å². The Bertz CT molecular complexity index is 227. The fourth-order valence-electron chi connectivity index (χ4n) is 2.21. The average molecular weight is 212 g/mol. The van der Waals surface area contributed by atoms with E-state index < -0.39 is 0 Å². The molecule has 4 heteroatoms. The van der Waals surface area contributed by atoms with E-state index in [1.165, 1.54) is 12.8 Å². The number of ether oxygens (including phenoxy) is 1. The van der Waals surface area contributed by atoms with Crippen LogP contribution in [-0.4, -0.2) is 42.8 Å². The van der Waals surface area contributed by atoms with Gasteiger partial charge in [-0.2, -0.15) is 0 Å². The van der Waals surface area contributed by atoms with Crippen molar-refractivity contribution in [2.24, 2.45) is 0 Å². The van der Waals surface area contributed by atoms with Gasteiger partial charge in [0.2, 0.25) is 5.91 Å². The van der Waals surface area contributed by atoms with E-state index in [0.717, 1.165) is 26.0 Å². The van der Waals surface area contributed by atoms with E-state index in [1.54, 1.807) is 0 Å². The lowest BCUT2D eigenvalue weighted by atomic mass is 10.1. The molecule has 0 saturated carbocycles. The van der Waals surface area contributed by atoms with Gasteiger partial charge in [-0.3, -0.25) is 10.1 Å². The maximum atomic E-state index is 11.6. The second-order valence-corrected chi connectivity index (χ2v) is 4.46.